The van der Waals surface area contributed by atoms with Gasteiger partial charge in [-0.05, 0) is 61.0 Å². The molecule has 0 spiro atoms. The van der Waals surface area contributed by atoms with Gasteiger partial charge in [-0.1, -0.05) is 66.7 Å². The maximum Gasteiger partial charge on any atom is 0.272 e. The van der Waals surface area contributed by atoms with Crippen LogP contribution in [0.1, 0.15) is 28.4 Å². The molecule has 4 rings (SSSR count). The summed E-state index contributed by atoms with van der Waals surface area (Å²) < 4.78 is 5.70. The normalized spacial score (nSPS) is 11.0. The molecular weight excluding hydrogens is 480 g/mol. The lowest BCUT2D eigenvalue weighted by atomic mass is 10.1. The highest BCUT2D eigenvalue weighted by Crippen LogP contribution is 2.25. The average Bonchev–Trinajstić information content (AvgIpc) is 2.94. The molecule has 4 aromatic carbocycles. The molecule has 0 atom stereocenters. The van der Waals surface area contributed by atoms with Gasteiger partial charge in [0.15, 0.2) is 0 Å². The SMILES string of the molecule is CCOc1ccccc1/C=C(\NC(=O)c1ccccc1)C(=O)Nc1ccc(SCc2ccccc2)cc1. The number of carbonyl (C=O) groups is 2. The highest BCUT2D eigenvalue weighted by molar-refractivity contribution is 7.98. The van der Waals surface area contributed by atoms with Crippen LogP contribution in [0.3, 0.4) is 0 Å². The molecule has 0 radical (unpaired) electrons. The van der Waals surface area contributed by atoms with Gasteiger partial charge in [-0.2, -0.15) is 0 Å². The van der Waals surface area contributed by atoms with Crippen molar-refractivity contribution in [1.82, 2.24) is 5.32 Å². The Morgan fingerprint density at radius 2 is 1.46 bits per heavy atom. The molecule has 2 amide bonds. The minimum absolute atomic E-state index is 0.114. The molecule has 37 heavy (non-hydrogen) atoms. The number of ether oxygens (including phenoxy) is 1. The predicted molar refractivity (Wildman–Crippen MR) is 151 cm³/mol. The molecule has 0 heterocycles. The fourth-order valence-corrected chi connectivity index (χ4v) is 4.41. The van der Waals surface area contributed by atoms with E-state index < -0.39 is 5.91 Å². The molecule has 0 saturated carbocycles. The second-order valence-corrected chi connectivity index (χ2v) is 9.15. The van der Waals surface area contributed by atoms with Crippen LogP contribution in [0.4, 0.5) is 5.69 Å². The van der Waals surface area contributed by atoms with E-state index in [1.165, 1.54) is 5.56 Å². The van der Waals surface area contributed by atoms with Crippen LogP contribution in [0.2, 0.25) is 0 Å². The number of benzene rings is 4. The van der Waals surface area contributed by atoms with Gasteiger partial charge in [0, 0.05) is 27.5 Å². The van der Waals surface area contributed by atoms with Crippen molar-refractivity contribution < 1.29 is 14.3 Å². The molecular formula is C31H28N2O3S. The Morgan fingerprint density at radius 1 is 0.811 bits per heavy atom. The molecule has 0 fully saturated rings. The van der Waals surface area contributed by atoms with E-state index in [4.69, 9.17) is 4.74 Å². The minimum Gasteiger partial charge on any atom is -0.493 e. The van der Waals surface area contributed by atoms with E-state index in [9.17, 15) is 9.59 Å². The number of anilines is 1. The summed E-state index contributed by atoms with van der Waals surface area (Å²) in [5, 5.41) is 5.67. The van der Waals surface area contributed by atoms with Gasteiger partial charge in [0.1, 0.15) is 11.4 Å². The van der Waals surface area contributed by atoms with E-state index in [1.54, 1.807) is 42.1 Å². The molecule has 0 aliphatic carbocycles. The van der Waals surface area contributed by atoms with E-state index >= 15 is 0 Å². The summed E-state index contributed by atoms with van der Waals surface area (Å²) in [7, 11) is 0. The highest BCUT2D eigenvalue weighted by atomic mass is 32.2. The van der Waals surface area contributed by atoms with Crippen molar-refractivity contribution in [1.29, 1.82) is 0 Å². The van der Waals surface area contributed by atoms with Crippen molar-refractivity contribution in [2.45, 2.75) is 17.6 Å². The summed E-state index contributed by atoms with van der Waals surface area (Å²) in [6, 6.07) is 34.1. The van der Waals surface area contributed by atoms with Gasteiger partial charge in [0.05, 0.1) is 6.61 Å². The van der Waals surface area contributed by atoms with Crippen LogP contribution in [0.5, 0.6) is 5.75 Å². The largest absolute Gasteiger partial charge is 0.493 e. The van der Waals surface area contributed by atoms with Crippen LogP contribution in [-0.4, -0.2) is 18.4 Å². The van der Waals surface area contributed by atoms with Crippen molar-refractivity contribution in [3.05, 3.63) is 132 Å². The van der Waals surface area contributed by atoms with Crippen LogP contribution in [0, 0.1) is 0 Å². The van der Waals surface area contributed by atoms with Crippen molar-refractivity contribution in [3.63, 3.8) is 0 Å². The third-order valence-electron chi connectivity index (χ3n) is 5.41. The maximum atomic E-state index is 13.3. The Bertz CT molecular complexity index is 1350. The predicted octanol–water partition coefficient (Wildman–Crippen LogP) is 6.79. The molecule has 0 saturated heterocycles. The van der Waals surface area contributed by atoms with Gasteiger partial charge in [0.2, 0.25) is 0 Å². The quantitative estimate of drug-likeness (QED) is 0.183. The molecule has 2 N–H and O–H groups in total. The van der Waals surface area contributed by atoms with E-state index in [0.717, 1.165) is 10.6 Å². The fraction of sp³-hybridized carbons (Fsp3) is 0.0968. The van der Waals surface area contributed by atoms with Crippen molar-refractivity contribution in [3.8, 4) is 5.75 Å². The lowest BCUT2D eigenvalue weighted by Crippen LogP contribution is -2.30. The summed E-state index contributed by atoms with van der Waals surface area (Å²) in [6.07, 6.45) is 1.63. The summed E-state index contributed by atoms with van der Waals surface area (Å²) in [6.45, 7) is 2.38. The molecule has 0 aliphatic heterocycles. The first-order valence-corrected chi connectivity index (χ1v) is 13.0. The van der Waals surface area contributed by atoms with Crippen molar-refractivity contribution in [2.24, 2.45) is 0 Å². The van der Waals surface area contributed by atoms with Gasteiger partial charge in [-0.25, -0.2) is 0 Å². The number of para-hydroxylation sites is 1. The monoisotopic (exact) mass is 508 g/mol. The van der Waals surface area contributed by atoms with Crippen LogP contribution >= 0.6 is 11.8 Å². The second-order valence-electron chi connectivity index (χ2n) is 8.10. The average molecular weight is 509 g/mol. The Hall–Kier alpha value is -4.29. The first-order chi connectivity index (χ1) is 18.1. The Kier molecular flexibility index (Phi) is 9.16. The first kappa shape index (κ1) is 25.8. The number of nitrogens with one attached hydrogen (secondary N) is 2. The fourth-order valence-electron chi connectivity index (χ4n) is 3.56. The third-order valence-corrected chi connectivity index (χ3v) is 6.49. The van der Waals surface area contributed by atoms with Gasteiger partial charge in [-0.3, -0.25) is 9.59 Å². The number of rotatable bonds is 10. The number of carbonyl (C=O) groups excluding carboxylic acids is 2. The Labute approximate surface area is 221 Å². The molecule has 0 aliphatic rings. The maximum absolute atomic E-state index is 13.3. The Balaban J connectivity index is 1.51. The number of hydrogen-bond acceptors (Lipinski definition) is 4. The molecule has 5 nitrogen and oxygen atoms in total. The smallest absolute Gasteiger partial charge is 0.272 e. The van der Waals surface area contributed by atoms with E-state index in [-0.39, 0.29) is 11.6 Å². The van der Waals surface area contributed by atoms with Crippen molar-refractivity contribution in [2.75, 3.05) is 11.9 Å². The molecule has 186 valence electrons. The van der Waals surface area contributed by atoms with Gasteiger partial charge < -0.3 is 15.4 Å². The number of hydrogen-bond donors (Lipinski definition) is 2. The molecule has 0 unspecified atom stereocenters. The van der Waals surface area contributed by atoms with E-state index in [1.807, 2.05) is 79.7 Å². The molecule has 0 bridgehead atoms. The van der Waals surface area contributed by atoms with E-state index in [0.29, 0.717) is 29.2 Å². The zero-order chi connectivity index (χ0) is 25.9. The second kappa shape index (κ2) is 13.1. The standard InChI is InChI=1S/C31H28N2O3S/c1-2-36-29-16-10-9-15-25(29)21-28(33-30(34)24-13-7-4-8-14-24)31(35)32-26-17-19-27(20-18-26)37-22-23-11-5-3-6-12-23/h3-21H,2,22H2,1H3,(H,32,35)(H,33,34)/b28-21-. The van der Waals surface area contributed by atoms with E-state index in [2.05, 4.69) is 22.8 Å². The Morgan fingerprint density at radius 3 is 2.16 bits per heavy atom. The van der Waals surface area contributed by atoms with Crippen molar-refractivity contribution >= 4 is 35.3 Å². The lowest BCUT2D eigenvalue weighted by Gasteiger charge is -2.13. The van der Waals surface area contributed by atoms with Crippen LogP contribution in [0.25, 0.3) is 6.08 Å². The molecule has 4 aromatic rings. The zero-order valence-corrected chi connectivity index (χ0v) is 21.3. The zero-order valence-electron chi connectivity index (χ0n) is 20.5. The van der Waals surface area contributed by atoms with Crippen LogP contribution in [-0.2, 0) is 10.5 Å². The molecule has 0 aromatic heterocycles. The number of thioether (sulfide) groups is 1. The highest BCUT2D eigenvalue weighted by Gasteiger charge is 2.16. The summed E-state index contributed by atoms with van der Waals surface area (Å²) in [4.78, 5) is 27.3. The first-order valence-electron chi connectivity index (χ1n) is 12.0. The molecule has 6 heteroatoms. The summed E-state index contributed by atoms with van der Waals surface area (Å²) >= 11 is 1.73. The van der Waals surface area contributed by atoms with Gasteiger partial charge >= 0.3 is 0 Å². The van der Waals surface area contributed by atoms with Crippen LogP contribution in [0.15, 0.2) is 120 Å². The number of amides is 2. The van der Waals surface area contributed by atoms with Gasteiger partial charge in [-0.15, -0.1) is 11.8 Å². The summed E-state index contributed by atoms with van der Waals surface area (Å²) in [5.74, 6) is 0.692. The topological polar surface area (TPSA) is 67.4 Å². The summed E-state index contributed by atoms with van der Waals surface area (Å²) in [5.41, 5.74) is 3.14. The minimum atomic E-state index is -0.430. The van der Waals surface area contributed by atoms with Crippen LogP contribution < -0.4 is 15.4 Å². The lowest BCUT2D eigenvalue weighted by molar-refractivity contribution is -0.113. The van der Waals surface area contributed by atoms with Gasteiger partial charge in [0.25, 0.3) is 11.8 Å². The third kappa shape index (κ3) is 7.59.